The summed E-state index contributed by atoms with van der Waals surface area (Å²) >= 11 is 0. The summed E-state index contributed by atoms with van der Waals surface area (Å²) in [6.07, 6.45) is 2.76. The number of nitrogens with zero attached hydrogens (tertiary/aromatic N) is 3. The molecule has 24 heavy (non-hydrogen) atoms. The van der Waals surface area contributed by atoms with Crippen LogP contribution in [0.25, 0.3) is 0 Å². The van der Waals surface area contributed by atoms with Crippen molar-refractivity contribution in [2.45, 2.75) is 6.42 Å². The fourth-order valence-corrected chi connectivity index (χ4v) is 2.17. The zero-order valence-electron chi connectivity index (χ0n) is 14.7. The molecule has 0 radical (unpaired) electrons. The number of aromatic nitrogens is 2. The van der Waals surface area contributed by atoms with Crippen molar-refractivity contribution in [1.82, 2.24) is 14.9 Å². The highest BCUT2D eigenvalue weighted by Crippen LogP contribution is 2.30. The van der Waals surface area contributed by atoms with Crippen molar-refractivity contribution < 1.29 is 9.47 Å². The molecule has 0 saturated carbocycles. The Morgan fingerprint density at radius 2 is 1.88 bits per heavy atom. The van der Waals surface area contributed by atoms with Crippen molar-refractivity contribution in [2.24, 2.45) is 0 Å². The first-order valence-electron chi connectivity index (χ1n) is 7.83. The minimum absolute atomic E-state index is 0.610. The predicted molar refractivity (Wildman–Crippen MR) is 96.5 cm³/mol. The summed E-state index contributed by atoms with van der Waals surface area (Å²) < 4.78 is 10.5. The van der Waals surface area contributed by atoms with Crippen LogP contribution in [0.1, 0.15) is 6.42 Å². The smallest absolute Gasteiger partial charge is 0.224 e. The number of methoxy groups -OCH3 is 2. The number of benzene rings is 1. The molecule has 130 valence electrons. The van der Waals surface area contributed by atoms with Crippen LogP contribution < -0.4 is 20.1 Å². The van der Waals surface area contributed by atoms with E-state index in [1.165, 1.54) is 0 Å². The molecule has 0 amide bonds. The van der Waals surface area contributed by atoms with E-state index in [9.17, 15) is 0 Å². The molecule has 0 aliphatic heterocycles. The van der Waals surface area contributed by atoms with Crippen molar-refractivity contribution in [3.8, 4) is 11.5 Å². The third-order valence-corrected chi connectivity index (χ3v) is 3.38. The number of nitrogens with one attached hydrogen (secondary N) is 2. The van der Waals surface area contributed by atoms with Gasteiger partial charge in [-0.3, -0.25) is 0 Å². The van der Waals surface area contributed by atoms with Crippen molar-refractivity contribution in [3.63, 3.8) is 0 Å². The summed E-state index contributed by atoms with van der Waals surface area (Å²) in [6.45, 7) is 1.86. The Bertz CT molecular complexity index is 649. The normalized spacial score (nSPS) is 10.5. The van der Waals surface area contributed by atoms with Gasteiger partial charge >= 0.3 is 0 Å². The maximum atomic E-state index is 5.31. The van der Waals surface area contributed by atoms with E-state index in [2.05, 4.69) is 39.6 Å². The zero-order chi connectivity index (χ0) is 17.4. The van der Waals surface area contributed by atoms with Crippen LogP contribution in [0.3, 0.4) is 0 Å². The summed E-state index contributed by atoms with van der Waals surface area (Å²) in [6, 6.07) is 7.45. The van der Waals surface area contributed by atoms with Gasteiger partial charge in [0.2, 0.25) is 5.95 Å². The Kier molecular flexibility index (Phi) is 6.62. The second-order valence-corrected chi connectivity index (χ2v) is 5.54. The summed E-state index contributed by atoms with van der Waals surface area (Å²) in [5.41, 5.74) is 0.866. The Labute approximate surface area is 143 Å². The molecule has 0 fully saturated rings. The first-order valence-corrected chi connectivity index (χ1v) is 7.83. The number of hydrogen-bond acceptors (Lipinski definition) is 7. The second kappa shape index (κ2) is 8.93. The molecule has 1 heterocycles. The van der Waals surface area contributed by atoms with Crippen molar-refractivity contribution in [2.75, 3.05) is 52.0 Å². The van der Waals surface area contributed by atoms with E-state index in [-0.39, 0.29) is 0 Å². The highest BCUT2D eigenvalue weighted by molar-refractivity contribution is 5.61. The van der Waals surface area contributed by atoms with E-state index < -0.39 is 0 Å². The molecule has 1 aromatic carbocycles. The molecule has 0 aliphatic carbocycles. The standard InChI is InChI=1S/C17H25N5O2/c1-22(2)11-5-9-18-17-19-10-8-16(21-17)20-13-6-7-14(23-3)15(12-13)24-4/h6-8,10,12H,5,9,11H2,1-4H3,(H2,18,19,20,21). The van der Waals surface area contributed by atoms with Gasteiger partial charge in [-0.25, -0.2) is 4.98 Å². The van der Waals surface area contributed by atoms with E-state index in [4.69, 9.17) is 9.47 Å². The first-order chi connectivity index (χ1) is 11.6. The van der Waals surface area contributed by atoms with Gasteiger partial charge in [-0.1, -0.05) is 0 Å². The van der Waals surface area contributed by atoms with Crippen molar-refractivity contribution in [3.05, 3.63) is 30.5 Å². The number of anilines is 3. The monoisotopic (exact) mass is 331 g/mol. The van der Waals surface area contributed by atoms with Crippen LogP contribution in [0.2, 0.25) is 0 Å². The minimum Gasteiger partial charge on any atom is -0.493 e. The fourth-order valence-electron chi connectivity index (χ4n) is 2.17. The largest absolute Gasteiger partial charge is 0.493 e. The zero-order valence-corrected chi connectivity index (χ0v) is 14.7. The van der Waals surface area contributed by atoms with E-state index >= 15 is 0 Å². The summed E-state index contributed by atoms with van der Waals surface area (Å²) in [7, 11) is 7.35. The average Bonchev–Trinajstić information content (AvgIpc) is 2.59. The lowest BCUT2D eigenvalue weighted by Gasteiger charge is -2.12. The second-order valence-electron chi connectivity index (χ2n) is 5.54. The lowest BCUT2D eigenvalue weighted by molar-refractivity contribution is 0.355. The molecule has 1 aromatic heterocycles. The molecule has 7 heteroatoms. The Hall–Kier alpha value is -2.54. The van der Waals surface area contributed by atoms with E-state index in [0.29, 0.717) is 23.3 Å². The molecule has 0 aliphatic rings. The van der Waals surface area contributed by atoms with Crippen LogP contribution in [0.5, 0.6) is 11.5 Å². The van der Waals surface area contributed by atoms with Crippen molar-refractivity contribution >= 4 is 17.5 Å². The van der Waals surface area contributed by atoms with Gasteiger partial charge in [0, 0.05) is 24.5 Å². The van der Waals surface area contributed by atoms with Crippen LogP contribution in [-0.4, -0.2) is 56.3 Å². The number of hydrogen-bond donors (Lipinski definition) is 2. The molecule has 0 saturated heterocycles. The Morgan fingerprint density at radius 3 is 2.58 bits per heavy atom. The average molecular weight is 331 g/mol. The Balaban J connectivity index is 1.99. The van der Waals surface area contributed by atoms with E-state index in [1.807, 2.05) is 24.3 Å². The maximum Gasteiger partial charge on any atom is 0.224 e. The molecule has 7 nitrogen and oxygen atoms in total. The molecule has 0 unspecified atom stereocenters. The summed E-state index contributed by atoms with van der Waals surface area (Å²) in [5, 5.41) is 6.48. The third-order valence-electron chi connectivity index (χ3n) is 3.38. The van der Waals surface area contributed by atoms with Gasteiger partial charge in [-0.2, -0.15) is 4.98 Å². The molecule has 2 aromatic rings. The summed E-state index contributed by atoms with van der Waals surface area (Å²) in [4.78, 5) is 10.9. The minimum atomic E-state index is 0.610. The first kappa shape index (κ1) is 17.8. The highest BCUT2D eigenvalue weighted by Gasteiger charge is 2.06. The van der Waals surface area contributed by atoms with Gasteiger partial charge in [0.1, 0.15) is 5.82 Å². The van der Waals surface area contributed by atoms with Crippen LogP contribution in [-0.2, 0) is 0 Å². The maximum absolute atomic E-state index is 5.31. The van der Waals surface area contributed by atoms with E-state index in [0.717, 1.165) is 25.2 Å². The van der Waals surface area contributed by atoms with Crippen LogP contribution in [0.15, 0.2) is 30.5 Å². The molecular formula is C17H25N5O2. The van der Waals surface area contributed by atoms with Gasteiger partial charge in [0.25, 0.3) is 0 Å². The molecule has 2 N–H and O–H groups in total. The molecule has 0 atom stereocenters. The number of rotatable bonds is 9. The van der Waals surface area contributed by atoms with Crippen LogP contribution in [0.4, 0.5) is 17.5 Å². The lowest BCUT2D eigenvalue weighted by atomic mass is 10.2. The lowest BCUT2D eigenvalue weighted by Crippen LogP contribution is -2.17. The SMILES string of the molecule is COc1ccc(Nc2ccnc(NCCCN(C)C)n2)cc1OC. The highest BCUT2D eigenvalue weighted by atomic mass is 16.5. The van der Waals surface area contributed by atoms with Crippen LogP contribution >= 0.6 is 0 Å². The van der Waals surface area contributed by atoms with Gasteiger partial charge in [0.05, 0.1) is 14.2 Å². The van der Waals surface area contributed by atoms with Crippen molar-refractivity contribution in [1.29, 1.82) is 0 Å². The van der Waals surface area contributed by atoms with Crippen LogP contribution in [0, 0.1) is 0 Å². The van der Waals surface area contributed by atoms with Gasteiger partial charge < -0.3 is 25.0 Å². The summed E-state index contributed by atoms with van der Waals surface area (Å²) in [5.74, 6) is 2.68. The predicted octanol–water partition coefficient (Wildman–Crippen LogP) is 2.60. The van der Waals surface area contributed by atoms with Gasteiger partial charge in [-0.15, -0.1) is 0 Å². The molecule has 0 bridgehead atoms. The topological polar surface area (TPSA) is 71.5 Å². The van der Waals surface area contributed by atoms with Gasteiger partial charge in [0.15, 0.2) is 11.5 Å². The molecule has 0 spiro atoms. The fraction of sp³-hybridized carbons (Fsp3) is 0.412. The number of ether oxygens (including phenoxy) is 2. The Morgan fingerprint density at radius 1 is 1.08 bits per heavy atom. The molecule has 2 rings (SSSR count). The quantitative estimate of drug-likeness (QED) is 0.684. The molecular weight excluding hydrogens is 306 g/mol. The van der Waals surface area contributed by atoms with E-state index in [1.54, 1.807) is 20.4 Å². The van der Waals surface area contributed by atoms with Gasteiger partial charge in [-0.05, 0) is 45.3 Å². The third kappa shape index (κ3) is 5.27.